The van der Waals surface area contributed by atoms with Crippen LogP contribution in [0.25, 0.3) is 0 Å². The summed E-state index contributed by atoms with van der Waals surface area (Å²) in [7, 11) is 0. The van der Waals surface area contributed by atoms with Crippen molar-refractivity contribution in [1.29, 1.82) is 0 Å². The van der Waals surface area contributed by atoms with Crippen molar-refractivity contribution >= 4 is 23.1 Å². The van der Waals surface area contributed by atoms with E-state index in [-0.39, 0.29) is 0 Å². The first kappa shape index (κ1) is 8.57. The smallest absolute Gasteiger partial charge is 0.101 e. The Morgan fingerprint density at radius 3 is 2.62 bits per heavy atom. The number of rotatable bonds is 1. The maximum Gasteiger partial charge on any atom is 0.101 e. The van der Waals surface area contributed by atoms with Crippen molar-refractivity contribution in [3.8, 4) is 0 Å². The van der Waals surface area contributed by atoms with Crippen LogP contribution in [0.2, 0.25) is 5.02 Å². The van der Waals surface area contributed by atoms with E-state index in [1.165, 1.54) is 0 Å². The van der Waals surface area contributed by atoms with Gasteiger partial charge in [0.1, 0.15) is 5.84 Å². The molecule has 1 heterocycles. The minimum absolute atomic E-state index is 0.763. The SMILES string of the molecule is Clc1ccc(NC2=NCCC2)cc1. The number of nitrogens with one attached hydrogen (secondary N) is 1. The van der Waals surface area contributed by atoms with Gasteiger partial charge in [-0.2, -0.15) is 0 Å². The number of hydrogen-bond acceptors (Lipinski definition) is 2. The molecule has 0 saturated heterocycles. The number of hydrogen-bond donors (Lipinski definition) is 1. The third-order valence-electron chi connectivity index (χ3n) is 2.01. The largest absolute Gasteiger partial charge is 0.344 e. The summed E-state index contributed by atoms with van der Waals surface area (Å²) in [4.78, 5) is 4.33. The molecule has 3 heteroatoms. The predicted octanol–water partition coefficient (Wildman–Crippen LogP) is 2.94. The Morgan fingerprint density at radius 1 is 1.23 bits per heavy atom. The normalized spacial score (nSPS) is 15.6. The van der Waals surface area contributed by atoms with E-state index >= 15 is 0 Å². The summed E-state index contributed by atoms with van der Waals surface area (Å²) < 4.78 is 0. The van der Waals surface area contributed by atoms with E-state index in [0.29, 0.717) is 0 Å². The zero-order valence-corrected chi connectivity index (χ0v) is 8.01. The fraction of sp³-hybridized carbons (Fsp3) is 0.300. The summed E-state index contributed by atoms with van der Waals surface area (Å²) in [6.07, 6.45) is 2.22. The zero-order valence-electron chi connectivity index (χ0n) is 7.26. The third kappa shape index (κ3) is 2.22. The molecular weight excluding hydrogens is 184 g/mol. The lowest BCUT2D eigenvalue weighted by molar-refractivity contribution is 0.951. The molecule has 68 valence electrons. The van der Waals surface area contributed by atoms with E-state index in [2.05, 4.69) is 10.3 Å². The van der Waals surface area contributed by atoms with Crippen molar-refractivity contribution in [2.24, 2.45) is 4.99 Å². The van der Waals surface area contributed by atoms with Gasteiger partial charge in [0.05, 0.1) is 0 Å². The van der Waals surface area contributed by atoms with Crippen LogP contribution in [0.3, 0.4) is 0 Å². The maximum absolute atomic E-state index is 5.77. The molecule has 1 N–H and O–H groups in total. The highest BCUT2D eigenvalue weighted by molar-refractivity contribution is 6.30. The first-order valence-electron chi connectivity index (χ1n) is 4.40. The Morgan fingerprint density at radius 2 is 2.00 bits per heavy atom. The van der Waals surface area contributed by atoms with Gasteiger partial charge in [-0.05, 0) is 30.7 Å². The number of nitrogens with zero attached hydrogens (tertiary/aromatic N) is 1. The number of halogens is 1. The highest BCUT2D eigenvalue weighted by Crippen LogP contribution is 2.15. The number of amidine groups is 1. The van der Waals surface area contributed by atoms with E-state index in [0.717, 1.165) is 35.9 Å². The lowest BCUT2D eigenvalue weighted by Gasteiger charge is -2.04. The molecule has 2 rings (SSSR count). The lowest BCUT2D eigenvalue weighted by atomic mass is 10.3. The molecule has 13 heavy (non-hydrogen) atoms. The van der Waals surface area contributed by atoms with Gasteiger partial charge in [0.2, 0.25) is 0 Å². The van der Waals surface area contributed by atoms with Gasteiger partial charge < -0.3 is 5.32 Å². The van der Waals surface area contributed by atoms with E-state index in [1.54, 1.807) is 0 Å². The third-order valence-corrected chi connectivity index (χ3v) is 2.26. The van der Waals surface area contributed by atoms with Crippen LogP contribution in [-0.4, -0.2) is 12.4 Å². The number of aliphatic imine (C=N–C) groups is 1. The summed E-state index contributed by atoms with van der Waals surface area (Å²) in [6.45, 7) is 0.954. The summed E-state index contributed by atoms with van der Waals surface area (Å²) in [5, 5.41) is 4.02. The van der Waals surface area contributed by atoms with Crippen molar-refractivity contribution in [1.82, 2.24) is 0 Å². The van der Waals surface area contributed by atoms with E-state index in [4.69, 9.17) is 11.6 Å². The minimum Gasteiger partial charge on any atom is -0.344 e. The Kier molecular flexibility index (Phi) is 2.50. The molecular formula is C10H11ClN2. The molecule has 0 spiro atoms. The minimum atomic E-state index is 0.763. The van der Waals surface area contributed by atoms with Gasteiger partial charge in [-0.1, -0.05) is 11.6 Å². The van der Waals surface area contributed by atoms with Crippen LogP contribution in [0, 0.1) is 0 Å². The van der Waals surface area contributed by atoms with Crippen molar-refractivity contribution in [2.45, 2.75) is 12.8 Å². The Balaban J connectivity index is 2.05. The van der Waals surface area contributed by atoms with E-state index in [9.17, 15) is 0 Å². The van der Waals surface area contributed by atoms with Gasteiger partial charge >= 0.3 is 0 Å². The van der Waals surface area contributed by atoms with Crippen LogP contribution in [0.5, 0.6) is 0 Å². The summed E-state index contributed by atoms with van der Waals surface area (Å²) in [5.74, 6) is 1.09. The molecule has 0 atom stereocenters. The van der Waals surface area contributed by atoms with Gasteiger partial charge in [0.15, 0.2) is 0 Å². The lowest BCUT2D eigenvalue weighted by Crippen LogP contribution is -2.07. The van der Waals surface area contributed by atoms with Gasteiger partial charge in [-0.25, -0.2) is 0 Å². The fourth-order valence-corrected chi connectivity index (χ4v) is 1.47. The Labute approximate surface area is 82.6 Å². The van der Waals surface area contributed by atoms with E-state index in [1.807, 2.05) is 24.3 Å². The van der Waals surface area contributed by atoms with Crippen molar-refractivity contribution in [3.63, 3.8) is 0 Å². The standard InChI is InChI=1S/C10H11ClN2/c11-8-3-5-9(6-4-8)13-10-2-1-7-12-10/h3-6H,1-2,7H2,(H,12,13). The monoisotopic (exact) mass is 194 g/mol. The summed E-state index contributed by atoms with van der Waals surface area (Å²) >= 11 is 5.77. The van der Waals surface area contributed by atoms with Crippen LogP contribution in [0.15, 0.2) is 29.3 Å². The number of benzene rings is 1. The molecule has 0 aliphatic carbocycles. The van der Waals surface area contributed by atoms with Gasteiger partial charge in [0.25, 0.3) is 0 Å². The molecule has 0 unspecified atom stereocenters. The van der Waals surface area contributed by atoms with Crippen molar-refractivity contribution < 1.29 is 0 Å². The second-order valence-corrected chi connectivity index (χ2v) is 3.50. The molecule has 0 saturated carbocycles. The summed E-state index contributed by atoms with van der Waals surface area (Å²) in [5.41, 5.74) is 1.06. The second kappa shape index (κ2) is 3.79. The van der Waals surface area contributed by atoms with Crippen molar-refractivity contribution in [2.75, 3.05) is 11.9 Å². The summed E-state index contributed by atoms with van der Waals surface area (Å²) in [6, 6.07) is 7.67. The number of anilines is 1. The van der Waals surface area contributed by atoms with Crippen LogP contribution in [0.4, 0.5) is 5.69 Å². The Bertz CT molecular complexity index is 316. The highest BCUT2D eigenvalue weighted by atomic mass is 35.5. The average molecular weight is 195 g/mol. The molecule has 1 aliphatic rings. The average Bonchev–Trinajstić information content (AvgIpc) is 2.62. The molecule has 1 aromatic rings. The van der Waals surface area contributed by atoms with Crippen LogP contribution >= 0.6 is 11.6 Å². The molecule has 1 aromatic carbocycles. The van der Waals surface area contributed by atoms with Crippen LogP contribution in [-0.2, 0) is 0 Å². The quantitative estimate of drug-likeness (QED) is 0.731. The molecule has 0 bridgehead atoms. The molecule has 0 aromatic heterocycles. The van der Waals surface area contributed by atoms with Crippen LogP contribution in [0.1, 0.15) is 12.8 Å². The molecule has 0 radical (unpaired) electrons. The molecule has 1 aliphatic heterocycles. The van der Waals surface area contributed by atoms with Crippen molar-refractivity contribution in [3.05, 3.63) is 29.3 Å². The second-order valence-electron chi connectivity index (χ2n) is 3.06. The molecule has 2 nitrogen and oxygen atoms in total. The van der Waals surface area contributed by atoms with E-state index < -0.39 is 0 Å². The van der Waals surface area contributed by atoms with Gasteiger partial charge in [-0.15, -0.1) is 0 Å². The van der Waals surface area contributed by atoms with Gasteiger partial charge in [0, 0.05) is 23.7 Å². The van der Waals surface area contributed by atoms with Crippen LogP contribution < -0.4 is 5.32 Å². The molecule has 0 amide bonds. The first-order chi connectivity index (χ1) is 6.34. The highest BCUT2D eigenvalue weighted by Gasteiger charge is 2.05. The fourth-order valence-electron chi connectivity index (χ4n) is 1.34. The predicted molar refractivity (Wildman–Crippen MR) is 56.6 cm³/mol. The van der Waals surface area contributed by atoms with Gasteiger partial charge in [-0.3, -0.25) is 4.99 Å². The maximum atomic E-state index is 5.77. The zero-order chi connectivity index (χ0) is 9.10. The molecule has 0 fully saturated rings. The Hall–Kier alpha value is -1.02. The topological polar surface area (TPSA) is 24.4 Å². The first-order valence-corrected chi connectivity index (χ1v) is 4.78.